The molecule has 0 spiro atoms. The molecule has 0 aliphatic rings. The van der Waals surface area contributed by atoms with Gasteiger partial charge in [0.25, 0.3) is 23.2 Å². The summed E-state index contributed by atoms with van der Waals surface area (Å²) in [7, 11) is -3.26. The van der Waals surface area contributed by atoms with Gasteiger partial charge < -0.3 is 20.7 Å². The van der Waals surface area contributed by atoms with E-state index >= 15 is 0 Å². The zero-order chi connectivity index (χ0) is 50.8. The van der Waals surface area contributed by atoms with Gasteiger partial charge in [0.2, 0.25) is 20.0 Å². The minimum absolute atomic E-state index is 0.0255. The van der Waals surface area contributed by atoms with Gasteiger partial charge in [-0.1, -0.05) is 40.9 Å². The molecule has 0 aromatic heterocycles. The summed E-state index contributed by atoms with van der Waals surface area (Å²) in [6.45, 7) is 3.42. The molecule has 0 atom stereocenters. The number of nitro benzene ring substituents is 2. The highest BCUT2D eigenvalue weighted by Crippen LogP contribution is 2.36. The fraction of sp³-hybridized carbons (Fsp3) is 0.136. The SMILES string of the molecule is Cc1ccc(S(=O)(=O)N(C)C)cc1-c1ccc(NC(=O)c2ccc(Cl)cc2)cc1[N+](=O)[O-].Cc1ccc(S(=O)(=O)N(C)C)cc1B(O)O.O=C(Nc1ccc(Br)c([N+](=O)[O-])c1)c1ccc(Cl)cc1. The molecule has 0 bridgehead atoms. The monoisotopic (exact) mass is 1070 g/mol. The molecule has 0 radical (unpaired) electrons. The summed E-state index contributed by atoms with van der Waals surface area (Å²) >= 11 is 14.6. The predicted octanol–water partition coefficient (Wildman–Crippen LogP) is 7.91. The third-order valence-electron chi connectivity index (χ3n) is 9.65. The number of nitro groups is 2. The van der Waals surface area contributed by atoms with Crippen LogP contribution in [-0.4, -0.2) is 92.5 Å². The van der Waals surface area contributed by atoms with E-state index in [2.05, 4.69) is 26.6 Å². The normalized spacial score (nSPS) is 11.1. The van der Waals surface area contributed by atoms with Gasteiger partial charge in [0.05, 0.1) is 29.7 Å². The van der Waals surface area contributed by atoms with Crippen molar-refractivity contribution in [2.45, 2.75) is 23.6 Å². The van der Waals surface area contributed by atoms with Crippen LogP contribution in [0.5, 0.6) is 0 Å². The Hall–Kier alpha value is -6.08. The van der Waals surface area contributed by atoms with Crippen LogP contribution >= 0.6 is 39.1 Å². The van der Waals surface area contributed by atoms with Gasteiger partial charge in [-0.15, -0.1) is 0 Å². The van der Waals surface area contributed by atoms with Crippen molar-refractivity contribution in [3.05, 3.63) is 178 Å². The average Bonchev–Trinajstić information content (AvgIpc) is 3.27. The van der Waals surface area contributed by atoms with Gasteiger partial charge in [-0.25, -0.2) is 25.4 Å². The number of hydrogen-bond acceptors (Lipinski definition) is 12. The summed E-state index contributed by atoms with van der Waals surface area (Å²) in [4.78, 5) is 46.0. The summed E-state index contributed by atoms with van der Waals surface area (Å²) in [6, 6.07) is 29.9. The largest absolute Gasteiger partial charge is 0.488 e. The topological polar surface area (TPSA) is 260 Å². The van der Waals surface area contributed by atoms with Crippen LogP contribution in [0.2, 0.25) is 10.0 Å². The van der Waals surface area contributed by atoms with Crippen LogP contribution in [0.3, 0.4) is 0 Å². The average molecular weight is 1070 g/mol. The van der Waals surface area contributed by atoms with E-state index in [9.17, 15) is 46.7 Å². The quantitative estimate of drug-likeness (QED) is 0.0518. The maximum atomic E-state index is 12.5. The molecule has 18 nitrogen and oxygen atoms in total. The van der Waals surface area contributed by atoms with Gasteiger partial charge in [0.1, 0.15) is 0 Å². The van der Waals surface area contributed by atoms with Gasteiger partial charge in [0.15, 0.2) is 0 Å². The fourth-order valence-corrected chi connectivity index (χ4v) is 8.37. The van der Waals surface area contributed by atoms with E-state index in [4.69, 9.17) is 33.2 Å². The molecule has 6 aromatic rings. The van der Waals surface area contributed by atoms with Crippen LogP contribution in [0.25, 0.3) is 11.1 Å². The summed E-state index contributed by atoms with van der Waals surface area (Å²) in [5.41, 5.74) is 3.12. The molecule has 0 saturated carbocycles. The van der Waals surface area contributed by atoms with Crippen LogP contribution in [0.15, 0.2) is 136 Å². The summed E-state index contributed by atoms with van der Waals surface area (Å²) in [5, 5.41) is 47.0. The standard InChI is InChI=1S/C22H20ClN3O5S.C13H8BrClN2O3.C9H14BNO4S/c1-14-4-10-18(32(30,31)25(2)3)13-20(14)19-11-9-17(12-21(19)26(28)29)24-22(27)15-5-7-16(23)8-6-15;14-11-6-5-10(7-12(11)17(19)20)16-13(18)8-1-3-9(15)4-2-8;1-7-4-5-8(6-9(7)10(12)13)16(14,15)11(2)3/h4-13H,1-3H3,(H,24,27);1-7H,(H,16,18);4-6,12-13H,1-3H3. The summed E-state index contributed by atoms with van der Waals surface area (Å²) < 4.78 is 51.1. The molecule has 0 heterocycles. The summed E-state index contributed by atoms with van der Waals surface area (Å²) in [6.07, 6.45) is 0. The Morgan fingerprint density at radius 2 is 1.00 bits per heavy atom. The maximum Gasteiger partial charge on any atom is 0.488 e. The highest BCUT2D eigenvalue weighted by molar-refractivity contribution is 9.10. The molecule has 0 fully saturated rings. The number of hydrogen-bond donors (Lipinski definition) is 4. The van der Waals surface area contributed by atoms with Crippen molar-refractivity contribution >= 4 is 106 Å². The van der Waals surface area contributed by atoms with Gasteiger partial charge in [0, 0.05) is 72.9 Å². The van der Waals surface area contributed by atoms with Crippen molar-refractivity contribution in [3.8, 4) is 11.1 Å². The van der Waals surface area contributed by atoms with E-state index in [0.717, 1.165) is 8.61 Å². The third kappa shape index (κ3) is 14.0. The lowest BCUT2D eigenvalue weighted by molar-refractivity contribution is -0.385. The summed E-state index contributed by atoms with van der Waals surface area (Å²) in [5.74, 6) is -0.808. The van der Waals surface area contributed by atoms with Gasteiger partial charge in [-0.3, -0.25) is 29.8 Å². The Balaban J connectivity index is 0.000000240. The zero-order valence-corrected chi connectivity index (χ0v) is 41.6. The van der Waals surface area contributed by atoms with Crippen LogP contribution in [0.4, 0.5) is 22.7 Å². The molecular weight excluding hydrogens is 1030 g/mol. The van der Waals surface area contributed by atoms with E-state index in [1.165, 1.54) is 82.8 Å². The van der Waals surface area contributed by atoms with Crippen LogP contribution in [0, 0.1) is 34.1 Å². The Labute approximate surface area is 410 Å². The van der Waals surface area contributed by atoms with E-state index in [1.807, 2.05) is 0 Å². The lowest BCUT2D eigenvalue weighted by atomic mass is 9.77. The zero-order valence-electron chi connectivity index (χ0n) is 36.8. The molecular formula is C44H42BBrCl2N6O12S2. The molecule has 2 amide bonds. The first-order chi connectivity index (χ1) is 31.7. The third-order valence-corrected chi connectivity index (χ3v) is 14.4. The van der Waals surface area contributed by atoms with Crippen molar-refractivity contribution in [3.63, 3.8) is 0 Å². The number of nitrogens with one attached hydrogen (secondary N) is 2. The van der Waals surface area contributed by atoms with E-state index < -0.39 is 42.9 Å². The molecule has 4 N–H and O–H groups in total. The lowest BCUT2D eigenvalue weighted by Gasteiger charge is -2.14. The lowest BCUT2D eigenvalue weighted by Crippen LogP contribution is -2.33. The van der Waals surface area contributed by atoms with Crippen molar-refractivity contribution in [1.82, 2.24) is 8.61 Å². The van der Waals surface area contributed by atoms with E-state index in [-0.39, 0.29) is 43.8 Å². The second-order valence-electron chi connectivity index (χ2n) is 14.8. The molecule has 0 aliphatic heterocycles. The first kappa shape index (κ1) is 54.5. The van der Waals surface area contributed by atoms with Gasteiger partial charge >= 0.3 is 7.12 Å². The maximum absolute atomic E-state index is 12.5. The number of sulfonamides is 2. The minimum atomic E-state index is -3.72. The number of nitrogens with zero attached hydrogens (tertiary/aromatic N) is 4. The van der Waals surface area contributed by atoms with E-state index in [0.29, 0.717) is 48.0 Å². The molecule has 6 aromatic carbocycles. The molecule has 356 valence electrons. The second kappa shape index (κ2) is 23.3. The number of carbonyl (C=O) groups is 2. The molecule has 0 saturated heterocycles. The smallest absolute Gasteiger partial charge is 0.423 e. The van der Waals surface area contributed by atoms with Crippen LogP contribution in [0.1, 0.15) is 31.8 Å². The number of halogens is 3. The molecule has 24 heteroatoms. The number of rotatable bonds is 12. The Morgan fingerprint density at radius 1 is 0.588 bits per heavy atom. The van der Waals surface area contributed by atoms with Crippen LogP contribution in [-0.2, 0) is 20.0 Å². The number of carbonyl (C=O) groups excluding carboxylic acids is 2. The van der Waals surface area contributed by atoms with Crippen LogP contribution < -0.4 is 16.1 Å². The molecule has 68 heavy (non-hydrogen) atoms. The van der Waals surface area contributed by atoms with Gasteiger partial charge in [-0.05, 0) is 143 Å². The van der Waals surface area contributed by atoms with E-state index in [1.54, 1.807) is 80.6 Å². The highest BCUT2D eigenvalue weighted by atomic mass is 79.9. The predicted molar refractivity (Wildman–Crippen MR) is 266 cm³/mol. The van der Waals surface area contributed by atoms with Crippen molar-refractivity contribution < 1.29 is 46.3 Å². The number of aryl methyl sites for hydroxylation is 2. The Kier molecular flexibility index (Phi) is 18.7. The second-order valence-corrected chi connectivity index (χ2v) is 20.8. The van der Waals surface area contributed by atoms with Crippen molar-refractivity contribution in [1.29, 1.82) is 0 Å². The highest BCUT2D eigenvalue weighted by Gasteiger charge is 2.24. The van der Waals surface area contributed by atoms with Crippen molar-refractivity contribution in [2.75, 3.05) is 38.8 Å². The number of amides is 2. The molecule has 0 aliphatic carbocycles. The number of benzene rings is 6. The fourth-order valence-electron chi connectivity index (χ4n) is 5.86. The Morgan fingerprint density at radius 3 is 1.43 bits per heavy atom. The Bertz CT molecular complexity index is 3090. The molecule has 6 rings (SSSR count). The van der Waals surface area contributed by atoms with Gasteiger partial charge in [-0.2, -0.15) is 0 Å². The minimum Gasteiger partial charge on any atom is -0.423 e. The van der Waals surface area contributed by atoms with Crippen molar-refractivity contribution in [2.24, 2.45) is 0 Å². The first-order valence-electron chi connectivity index (χ1n) is 19.5. The molecule has 0 unspecified atom stereocenters. The number of anilines is 2. The first-order valence-corrected chi connectivity index (χ1v) is 24.0.